The maximum absolute atomic E-state index is 13.7. The third kappa shape index (κ3) is 9.34. The van der Waals surface area contributed by atoms with Crippen LogP contribution in [0, 0.1) is 11.3 Å². The smallest absolute Gasteiger partial charge is 0.307 e. The van der Waals surface area contributed by atoms with E-state index < -0.39 is 0 Å². The van der Waals surface area contributed by atoms with Crippen LogP contribution in [-0.4, -0.2) is 75.2 Å². The highest BCUT2D eigenvalue weighted by Gasteiger charge is 2.19. The monoisotopic (exact) mass is 517 g/mol. The molecule has 2 aromatic heterocycles. The molecule has 13 heteroatoms. The SMILES string of the molecule is CNCCC(=O)OCCOCCOc1cc(NF)c(Nc2ccc(C#N)cn2)nc1NC1CCOCC1. The molecule has 0 aliphatic carbocycles. The van der Waals surface area contributed by atoms with Gasteiger partial charge in [-0.3, -0.25) is 4.79 Å². The summed E-state index contributed by atoms with van der Waals surface area (Å²) in [6, 6.07) is 6.81. The number of nitrogens with zero attached hydrogens (tertiary/aromatic N) is 3. The van der Waals surface area contributed by atoms with Crippen molar-refractivity contribution in [3.8, 4) is 11.8 Å². The van der Waals surface area contributed by atoms with Crippen molar-refractivity contribution in [2.45, 2.75) is 25.3 Å². The summed E-state index contributed by atoms with van der Waals surface area (Å²) < 4.78 is 35.5. The third-order valence-electron chi connectivity index (χ3n) is 5.35. The Hall–Kier alpha value is -3.73. The zero-order chi connectivity index (χ0) is 26.3. The Balaban J connectivity index is 1.62. The molecule has 1 aliphatic rings. The highest BCUT2D eigenvalue weighted by Crippen LogP contribution is 2.34. The molecule has 0 bridgehead atoms. The van der Waals surface area contributed by atoms with Gasteiger partial charge in [-0.25, -0.2) is 15.5 Å². The molecule has 37 heavy (non-hydrogen) atoms. The number of nitrogens with one attached hydrogen (secondary N) is 4. The van der Waals surface area contributed by atoms with Crippen LogP contribution in [0.4, 0.5) is 27.6 Å². The Morgan fingerprint density at radius 2 is 2.03 bits per heavy atom. The zero-order valence-electron chi connectivity index (χ0n) is 20.7. The van der Waals surface area contributed by atoms with Gasteiger partial charge in [0.1, 0.15) is 30.8 Å². The number of rotatable bonds is 15. The van der Waals surface area contributed by atoms with Crippen molar-refractivity contribution in [1.29, 1.82) is 5.26 Å². The molecule has 3 heterocycles. The fraction of sp³-hybridized carbons (Fsp3) is 0.500. The number of ether oxygens (including phenoxy) is 4. The van der Waals surface area contributed by atoms with Crippen molar-refractivity contribution in [3.63, 3.8) is 0 Å². The summed E-state index contributed by atoms with van der Waals surface area (Å²) >= 11 is 0. The van der Waals surface area contributed by atoms with Gasteiger partial charge in [0.25, 0.3) is 0 Å². The van der Waals surface area contributed by atoms with Gasteiger partial charge in [0.15, 0.2) is 17.4 Å². The molecule has 0 aromatic carbocycles. The normalized spacial score (nSPS) is 13.4. The van der Waals surface area contributed by atoms with E-state index in [4.69, 9.17) is 24.2 Å². The fourth-order valence-electron chi connectivity index (χ4n) is 3.39. The number of aromatic nitrogens is 2. The van der Waals surface area contributed by atoms with Crippen molar-refractivity contribution in [1.82, 2.24) is 15.3 Å². The van der Waals surface area contributed by atoms with Gasteiger partial charge < -0.3 is 34.9 Å². The number of esters is 1. The molecule has 0 spiro atoms. The second-order valence-corrected chi connectivity index (χ2v) is 8.06. The minimum Gasteiger partial charge on any atom is -0.487 e. The minimum absolute atomic E-state index is 0.0492. The van der Waals surface area contributed by atoms with Crippen LogP contribution in [-0.2, 0) is 19.0 Å². The van der Waals surface area contributed by atoms with Crippen molar-refractivity contribution < 1.29 is 28.2 Å². The lowest BCUT2D eigenvalue weighted by Crippen LogP contribution is -2.28. The van der Waals surface area contributed by atoms with Crippen molar-refractivity contribution >= 4 is 29.1 Å². The molecular formula is C24H32FN7O5. The predicted molar refractivity (Wildman–Crippen MR) is 134 cm³/mol. The summed E-state index contributed by atoms with van der Waals surface area (Å²) in [6.45, 7) is 2.61. The quantitative estimate of drug-likeness (QED) is 0.156. The van der Waals surface area contributed by atoms with E-state index in [1.54, 1.807) is 24.7 Å². The van der Waals surface area contributed by atoms with E-state index in [1.807, 2.05) is 6.07 Å². The van der Waals surface area contributed by atoms with Crippen molar-refractivity contribution in [2.24, 2.45) is 0 Å². The number of carbonyl (C=O) groups excluding carboxylic acids is 1. The van der Waals surface area contributed by atoms with Gasteiger partial charge >= 0.3 is 5.97 Å². The number of anilines is 4. The summed E-state index contributed by atoms with van der Waals surface area (Å²) in [5.74, 6) is 1.07. The molecule has 0 radical (unpaired) electrons. The van der Waals surface area contributed by atoms with Crippen LogP contribution in [0.25, 0.3) is 0 Å². The Bertz CT molecular complexity index is 1030. The van der Waals surface area contributed by atoms with Gasteiger partial charge in [0.2, 0.25) is 0 Å². The highest BCUT2D eigenvalue weighted by atomic mass is 19.2. The maximum Gasteiger partial charge on any atom is 0.307 e. The lowest BCUT2D eigenvalue weighted by Gasteiger charge is -2.25. The van der Waals surface area contributed by atoms with Crippen LogP contribution in [0.3, 0.4) is 0 Å². The van der Waals surface area contributed by atoms with E-state index >= 15 is 0 Å². The summed E-state index contributed by atoms with van der Waals surface area (Å²) in [5.41, 5.74) is 2.09. The first-order chi connectivity index (χ1) is 18.1. The lowest BCUT2D eigenvalue weighted by atomic mass is 10.1. The minimum atomic E-state index is -0.291. The van der Waals surface area contributed by atoms with Crippen LogP contribution in [0.5, 0.6) is 5.75 Å². The van der Waals surface area contributed by atoms with Gasteiger partial charge in [-0.15, -0.1) is 4.48 Å². The van der Waals surface area contributed by atoms with Gasteiger partial charge in [0.05, 0.1) is 25.2 Å². The molecule has 0 saturated carbocycles. The largest absolute Gasteiger partial charge is 0.487 e. The first-order valence-corrected chi connectivity index (χ1v) is 12.0. The van der Waals surface area contributed by atoms with Crippen LogP contribution >= 0.6 is 0 Å². The number of hydrogen-bond acceptors (Lipinski definition) is 12. The lowest BCUT2D eigenvalue weighted by molar-refractivity contribution is -0.145. The average molecular weight is 518 g/mol. The van der Waals surface area contributed by atoms with E-state index in [9.17, 15) is 9.28 Å². The number of carbonyl (C=O) groups is 1. The molecule has 200 valence electrons. The summed E-state index contributed by atoms with van der Waals surface area (Å²) in [4.78, 5) is 20.2. The molecule has 3 rings (SSSR count). The van der Waals surface area contributed by atoms with Crippen LogP contribution < -0.4 is 26.2 Å². The number of pyridine rings is 2. The summed E-state index contributed by atoms with van der Waals surface area (Å²) in [7, 11) is 1.76. The van der Waals surface area contributed by atoms with Gasteiger partial charge in [-0.1, -0.05) is 0 Å². The van der Waals surface area contributed by atoms with Crippen LogP contribution in [0.2, 0.25) is 0 Å². The Morgan fingerprint density at radius 1 is 1.22 bits per heavy atom. The fourth-order valence-corrected chi connectivity index (χ4v) is 3.39. The van der Waals surface area contributed by atoms with Crippen molar-refractivity contribution in [2.75, 3.05) is 69.4 Å². The molecule has 1 fully saturated rings. The second-order valence-electron chi connectivity index (χ2n) is 8.06. The summed E-state index contributed by atoms with van der Waals surface area (Å²) in [5, 5.41) is 18.2. The maximum atomic E-state index is 13.7. The number of hydrogen-bond donors (Lipinski definition) is 4. The predicted octanol–water partition coefficient (Wildman–Crippen LogP) is 2.53. The van der Waals surface area contributed by atoms with E-state index in [-0.39, 0.29) is 49.9 Å². The zero-order valence-corrected chi connectivity index (χ0v) is 20.7. The number of halogens is 1. The molecule has 2 aromatic rings. The van der Waals surface area contributed by atoms with Crippen LogP contribution in [0.15, 0.2) is 24.4 Å². The highest BCUT2D eigenvalue weighted by molar-refractivity contribution is 5.74. The molecule has 12 nitrogen and oxygen atoms in total. The van der Waals surface area contributed by atoms with Crippen LogP contribution in [0.1, 0.15) is 24.8 Å². The molecule has 1 aliphatic heterocycles. The standard InChI is InChI=1S/C24H32FN7O5/c1-27-7-4-22(33)37-13-11-35-10-12-36-20-14-19(32-25)23(30-21-3-2-17(15-26)16-28-21)31-24(20)29-18-5-8-34-9-6-18/h2-3,14,16,18,27,32H,4-13H2,1H3,(H2,28,29,30,31). The van der Waals surface area contributed by atoms with Gasteiger partial charge in [0, 0.05) is 38.1 Å². The Morgan fingerprint density at radius 3 is 2.73 bits per heavy atom. The van der Waals surface area contributed by atoms with Gasteiger partial charge in [-0.2, -0.15) is 5.26 Å². The molecule has 1 saturated heterocycles. The van der Waals surface area contributed by atoms with E-state index in [1.165, 1.54) is 12.3 Å². The van der Waals surface area contributed by atoms with E-state index in [0.29, 0.717) is 49.1 Å². The topological polar surface area (TPSA) is 152 Å². The Kier molecular flexibility index (Phi) is 11.6. The Labute approximate surface area is 214 Å². The third-order valence-corrected chi connectivity index (χ3v) is 5.35. The summed E-state index contributed by atoms with van der Waals surface area (Å²) in [6.07, 6.45) is 3.29. The molecule has 0 unspecified atom stereocenters. The molecule has 4 N–H and O–H groups in total. The first-order valence-electron chi connectivity index (χ1n) is 12.0. The molecular weight excluding hydrogens is 485 g/mol. The first kappa shape index (κ1) is 27.9. The molecule has 0 amide bonds. The van der Waals surface area contributed by atoms with Crippen molar-refractivity contribution in [3.05, 3.63) is 30.0 Å². The van der Waals surface area contributed by atoms with Gasteiger partial charge in [-0.05, 0) is 32.0 Å². The molecule has 0 atom stereocenters. The van der Waals surface area contributed by atoms with E-state index in [2.05, 4.69) is 25.9 Å². The van der Waals surface area contributed by atoms with E-state index in [0.717, 1.165) is 12.8 Å². The average Bonchev–Trinajstić information content (AvgIpc) is 2.93. The number of nitriles is 1. The second kappa shape index (κ2) is 15.4.